The van der Waals surface area contributed by atoms with Gasteiger partial charge in [-0.1, -0.05) is 6.92 Å². The van der Waals surface area contributed by atoms with E-state index in [4.69, 9.17) is 4.74 Å². The van der Waals surface area contributed by atoms with Crippen molar-refractivity contribution in [3.8, 4) is 0 Å². The van der Waals surface area contributed by atoms with Gasteiger partial charge in [-0.3, -0.25) is 0 Å². The van der Waals surface area contributed by atoms with Crippen LogP contribution < -0.4 is 5.32 Å². The SMILES string of the molecule is CC1CCC(O)(CNCC2CCC(C)O2)CC1. The van der Waals surface area contributed by atoms with Gasteiger partial charge in [0.25, 0.3) is 0 Å². The van der Waals surface area contributed by atoms with Crippen LogP contribution in [-0.4, -0.2) is 36.0 Å². The predicted molar refractivity (Wildman–Crippen MR) is 69.0 cm³/mol. The quantitative estimate of drug-likeness (QED) is 0.792. The van der Waals surface area contributed by atoms with Crippen LogP contribution in [0.5, 0.6) is 0 Å². The highest BCUT2D eigenvalue weighted by Gasteiger charge is 2.31. The van der Waals surface area contributed by atoms with E-state index >= 15 is 0 Å². The first kappa shape index (κ1) is 13.3. The first-order valence-electron chi connectivity index (χ1n) is 7.16. The summed E-state index contributed by atoms with van der Waals surface area (Å²) in [6.45, 7) is 6.03. The number of nitrogens with one attached hydrogen (secondary N) is 1. The van der Waals surface area contributed by atoms with Gasteiger partial charge in [-0.15, -0.1) is 0 Å². The Morgan fingerprint density at radius 3 is 2.47 bits per heavy atom. The lowest BCUT2D eigenvalue weighted by Crippen LogP contribution is -2.45. The smallest absolute Gasteiger partial charge is 0.0771 e. The lowest BCUT2D eigenvalue weighted by Gasteiger charge is -2.35. The molecule has 2 N–H and O–H groups in total. The molecule has 3 nitrogen and oxygen atoms in total. The first-order chi connectivity index (χ1) is 8.07. The standard InChI is InChI=1S/C14H27NO2/c1-11-5-7-14(16,8-6-11)10-15-9-13-4-3-12(2)17-13/h11-13,15-16H,3-10H2,1-2H3. The van der Waals surface area contributed by atoms with Crippen molar-refractivity contribution in [2.45, 2.75) is 70.2 Å². The number of aliphatic hydroxyl groups is 1. The Hall–Kier alpha value is -0.120. The minimum atomic E-state index is -0.462. The third-order valence-electron chi connectivity index (χ3n) is 4.35. The highest BCUT2D eigenvalue weighted by molar-refractivity contribution is 4.87. The van der Waals surface area contributed by atoms with Crippen LogP contribution in [0, 0.1) is 5.92 Å². The molecule has 1 saturated heterocycles. The van der Waals surface area contributed by atoms with Gasteiger partial charge in [-0.25, -0.2) is 0 Å². The largest absolute Gasteiger partial charge is 0.389 e. The van der Waals surface area contributed by atoms with Gasteiger partial charge in [0.05, 0.1) is 17.8 Å². The van der Waals surface area contributed by atoms with Crippen LogP contribution in [0.25, 0.3) is 0 Å². The molecule has 0 amide bonds. The molecule has 2 fully saturated rings. The van der Waals surface area contributed by atoms with E-state index in [0.29, 0.717) is 12.2 Å². The van der Waals surface area contributed by atoms with Crippen molar-refractivity contribution in [1.29, 1.82) is 0 Å². The number of rotatable bonds is 4. The molecule has 1 saturated carbocycles. The van der Waals surface area contributed by atoms with Gasteiger partial charge in [0, 0.05) is 13.1 Å². The van der Waals surface area contributed by atoms with Gasteiger partial charge >= 0.3 is 0 Å². The van der Waals surface area contributed by atoms with Crippen LogP contribution in [0.15, 0.2) is 0 Å². The highest BCUT2D eigenvalue weighted by atomic mass is 16.5. The van der Waals surface area contributed by atoms with Crippen LogP contribution in [-0.2, 0) is 4.74 Å². The Balaban J connectivity index is 1.64. The zero-order valence-corrected chi connectivity index (χ0v) is 11.2. The maximum atomic E-state index is 10.4. The van der Waals surface area contributed by atoms with Gasteiger partial charge < -0.3 is 15.2 Å². The monoisotopic (exact) mass is 241 g/mol. The molecule has 2 unspecified atom stereocenters. The highest BCUT2D eigenvalue weighted by Crippen LogP contribution is 2.31. The molecule has 0 aromatic carbocycles. The minimum Gasteiger partial charge on any atom is -0.389 e. The third-order valence-corrected chi connectivity index (χ3v) is 4.35. The van der Waals surface area contributed by atoms with Gasteiger partial charge in [-0.2, -0.15) is 0 Å². The molecule has 1 aliphatic heterocycles. The Morgan fingerprint density at radius 2 is 1.88 bits per heavy atom. The molecule has 2 aliphatic rings. The summed E-state index contributed by atoms with van der Waals surface area (Å²) < 4.78 is 5.76. The summed E-state index contributed by atoms with van der Waals surface area (Å²) in [5.74, 6) is 0.786. The molecule has 2 rings (SSSR count). The van der Waals surface area contributed by atoms with E-state index < -0.39 is 5.60 Å². The van der Waals surface area contributed by atoms with Crippen molar-refractivity contribution >= 4 is 0 Å². The fourth-order valence-electron chi connectivity index (χ4n) is 2.98. The summed E-state index contributed by atoms with van der Waals surface area (Å²) in [7, 11) is 0. The zero-order chi connectivity index (χ0) is 12.3. The molecule has 17 heavy (non-hydrogen) atoms. The molecule has 0 radical (unpaired) electrons. The second-order valence-corrected chi connectivity index (χ2v) is 6.18. The van der Waals surface area contributed by atoms with E-state index in [9.17, 15) is 5.11 Å². The molecule has 2 atom stereocenters. The van der Waals surface area contributed by atoms with Crippen molar-refractivity contribution in [3.63, 3.8) is 0 Å². The molecule has 0 aromatic heterocycles. The second kappa shape index (κ2) is 5.68. The van der Waals surface area contributed by atoms with Crippen molar-refractivity contribution < 1.29 is 9.84 Å². The molecular weight excluding hydrogens is 214 g/mol. The van der Waals surface area contributed by atoms with Crippen LogP contribution in [0.2, 0.25) is 0 Å². The van der Waals surface area contributed by atoms with E-state index in [0.717, 1.165) is 51.1 Å². The average Bonchev–Trinajstić information content (AvgIpc) is 2.69. The van der Waals surface area contributed by atoms with Crippen LogP contribution in [0.1, 0.15) is 52.4 Å². The normalized spacial score (nSPS) is 42.9. The lowest BCUT2D eigenvalue weighted by molar-refractivity contribution is -0.0104. The summed E-state index contributed by atoms with van der Waals surface area (Å²) in [6, 6.07) is 0. The van der Waals surface area contributed by atoms with Crippen molar-refractivity contribution in [2.75, 3.05) is 13.1 Å². The van der Waals surface area contributed by atoms with Gasteiger partial charge in [-0.05, 0) is 51.4 Å². The first-order valence-corrected chi connectivity index (χ1v) is 7.16. The lowest BCUT2D eigenvalue weighted by atomic mass is 9.79. The van der Waals surface area contributed by atoms with E-state index in [1.807, 2.05) is 0 Å². The van der Waals surface area contributed by atoms with Crippen LogP contribution in [0.3, 0.4) is 0 Å². The van der Waals surface area contributed by atoms with E-state index in [1.54, 1.807) is 0 Å². The average molecular weight is 241 g/mol. The Morgan fingerprint density at radius 1 is 1.18 bits per heavy atom. The Bertz CT molecular complexity index is 236. The fraction of sp³-hybridized carbons (Fsp3) is 1.00. The van der Waals surface area contributed by atoms with Crippen LogP contribution in [0.4, 0.5) is 0 Å². The molecule has 3 heteroatoms. The second-order valence-electron chi connectivity index (χ2n) is 6.18. The van der Waals surface area contributed by atoms with E-state index in [-0.39, 0.29) is 0 Å². The number of hydrogen-bond acceptors (Lipinski definition) is 3. The summed E-state index contributed by atoms with van der Waals surface area (Å²) in [5.41, 5.74) is -0.462. The molecule has 1 aliphatic carbocycles. The topological polar surface area (TPSA) is 41.5 Å². The number of hydrogen-bond donors (Lipinski definition) is 2. The van der Waals surface area contributed by atoms with Gasteiger partial charge in [0.2, 0.25) is 0 Å². The molecule has 100 valence electrons. The molecule has 0 spiro atoms. The van der Waals surface area contributed by atoms with Crippen LogP contribution >= 0.6 is 0 Å². The molecule has 0 aromatic rings. The fourth-order valence-corrected chi connectivity index (χ4v) is 2.98. The van der Waals surface area contributed by atoms with Crippen molar-refractivity contribution in [2.24, 2.45) is 5.92 Å². The van der Waals surface area contributed by atoms with Gasteiger partial charge in [0.1, 0.15) is 0 Å². The minimum absolute atomic E-state index is 0.358. The molecular formula is C14H27NO2. The molecule has 1 heterocycles. The maximum absolute atomic E-state index is 10.4. The van der Waals surface area contributed by atoms with Crippen molar-refractivity contribution in [1.82, 2.24) is 5.32 Å². The summed E-state index contributed by atoms with van der Waals surface area (Å²) in [5, 5.41) is 13.8. The summed E-state index contributed by atoms with van der Waals surface area (Å²) in [6.07, 6.45) is 7.32. The van der Waals surface area contributed by atoms with Gasteiger partial charge in [0.15, 0.2) is 0 Å². The van der Waals surface area contributed by atoms with Crippen molar-refractivity contribution in [3.05, 3.63) is 0 Å². The van der Waals surface area contributed by atoms with E-state index in [1.165, 1.54) is 6.42 Å². The predicted octanol–water partition coefficient (Wildman–Crippen LogP) is 2.08. The molecule has 0 bridgehead atoms. The third kappa shape index (κ3) is 3.94. The zero-order valence-electron chi connectivity index (χ0n) is 11.2. The summed E-state index contributed by atoms with van der Waals surface area (Å²) in [4.78, 5) is 0. The maximum Gasteiger partial charge on any atom is 0.0771 e. The van der Waals surface area contributed by atoms with E-state index in [2.05, 4.69) is 19.2 Å². The summed E-state index contributed by atoms with van der Waals surface area (Å²) >= 11 is 0. The Labute approximate surface area is 105 Å². The Kier molecular flexibility index (Phi) is 4.45. The number of ether oxygens (including phenoxy) is 1.